The number of rotatable bonds is 3. The molecule has 0 bridgehead atoms. The molecule has 0 spiro atoms. The molecule has 0 radical (unpaired) electrons. The van der Waals surface area contributed by atoms with Gasteiger partial charge in [-0.2, -0.15) is 0 Å². The van der Waals surface area contributed by atoms with Crippen LogP contribution in [0.4, 0.5) is 0 Å². The molecule has 1 aliphatic carbocycles. The molecule has 0 heterocycles. The highest BCUT2D eigenvalue weighted by molar-refractivity contribution is 6.31. The summed E-state index contributed by atoms with van der Waals surface area (Å²) in [6.45, 7) is 0.832. The SMILES string of the molecule is Clc1ccccc1CNC1CCCc2ccccc21. The van der Waals surface area contributed by atoms with Crippen molar-refractivity contribution in [2.24, 2.45) is 0 Å². The first-order valence-corrected chi connectivity index (χ1v) is 7.27. The van der Waals surface area contributed by atoms with Crippen molar-refractivity contribution >= 4 is 11.6 Å². The minimum Gasteiger partial charge on any atom is -0.306 e. The van der Waals surface area contributed by atoms with E-state index in [1.165, 1.54) is 36.0 Å². The van der Waals surface area contributed by atoms with E-state index in [9.17, 15) is 0 Å². The van der Waals surface area contributed by atoms with Gasteiger partial charge in [0.1, 0.15) is 0 Å². The number of fused-ring (bicyclic) bond motifs is 1. The highest BCUT2D eigenvalue weighted by Crippen LogP contribution is 2.30. The van der Waals surface area contributed by atoms with E-state index in [-0.39, 0.29) is 0 Å². The Kier molecular flexibility index (Phi) is 3.86. The Balaban J connectivity index is 1.73. The third-order valence-corrected chi connectivity index (χ3v) is 4.23. The molecule has 98 valence electrons. The van der Waals surface area contributed by atoms with Crippen LogP contribution >= 0.6 is 11.6 Å². The predicted octanol–water partition coefficient (Wildman–Crippen LogP) is 4.51. The molecule has 1 nitrogen and oxygen atoms in total. The van der Waals surface area contributed by atoms with Gasteiger partial charge < -0.3 is 5.32 Å². The predicted molar refractivity (Wildman–Crippen MR) is 80.4 cm³/mol. The second kappa shape index (κ2) is 5.77. The molecule has 0 fully saturated rings. The number of hydrogen-bond acceptors (Lipinski definition) is 1. The van der Waals surface area contributed by atoms with Crippen LogP contribution < -0.4 is 5.32 Å². The zero-order chi connectivity index (χ0) is 13.1. The molecular weight excluding hydrogens is 254 g/mol. The lowest BCUT2D eigenvalue weighted by Gasteiger charge is -2.26. The van der Waals surface area contributed by atoms with E-state index >= 15 is 0 Å². The van der Waals surface area contributed by atoms with E-state index in [2.05, 4.69) is 35.6 Å². The number of aryl methyl sites for hydroxylation is 1. The molecule has 19 heavy (non-hydrogen) atoms. The molecule has 2 aromatic rings. The van der Waals surface area contributed by atoms with E-state index in [0.717, 1.165) is 11.6 Å². The highest BCUT2D eigenvalue weighted by atomic mass is 35.5. The summed E-state index contributed by atoms with van der Waals surface area (Å²) >= 11 is 6.20. The van der Waals surface area contributed by atoms with Gasteiger partial charge >= 0.3 is 0 Å². The second-order valence-electron chi connectivity index (χ2n) is 5.12. The summed E-state index contributed by atoms with van der Waals surface area (Å²) in [6, 6.07) is 17.3. The maximum atomic E-state index is 6.20. The normalized spacial score (nSPS) is 18.1. The van der Waals surface area contributed by atoms with E-state index in [0.29, 0.717) is 6.04 Å². The van der Waals surface area contributed by atoms with Crippen molar-refractivity contribution in [3.05, 3.63) is 70.2 Å². The minimum atomic E-state index is 0.459. The second-order valence-corrected chi connectivity index (χ2v) is 5.52. The van der Waals surface area contributed by atoms with Crippen molar-refractivity contribution in [2.75, 3.05) is 0 Å². The average molecular weight is 272 g/mol. The summed E-state index contributed by atoms with van der Waals surface area (Å²) < 4.78 is 0. The average Bonchev–Trinajstić information content (AvgIpc) is 2.46. The third-order valence-electron chi connectivity index (χ3n) is 3.87. The summed E-state index contributed by atoms with van der Waals surface area (Å²) in [5, 5.41) is 4.50. The first-order chi connectivity index (χ1) is 9.34. The van der Waals surface area contributed by atoms with Crippen LogP contribution in [0.3, 0.4) is 0 Å². The quantitative estimate of drug-likeness (QED) is 0.866. The van der Waals surface area contributed by atoms with Crippen LogP contribution in [0.15, 0.2) is 48.5 Å². The van der Waals surface area contributed by atoms with Gasteiger partial charge in [0.25, 0.3) is 0 Å². The number of hydrogen-bond donors (Lipinski definition) is 1. The van der Waals surface area contributed by atoms with Crippen molar-refractivity contribution < 1.29 is 0 Å². The first kappa shape index (κ1) is 12.7. The number of nitrogens with one attached hydrogen (secondary N) is 1. The monoisotopic (exact) mass is 271 g/mol. The standard InChI is InChI=1S/C17H18ClN/c18-16-10-4-2-7-14(16)12-19-17-11-5-8-13-6-1-3-9-15(13)17/h1-4,6-7,9-10,17,19H,5,8,11-12H2. The van der Waals surface area contributed by atoms with Gasteiger partial charge in [-0.1, -0.05) is 54.1 Å². The van der Waals surface area contributed by atoms with Gasteiger partial charge in [-0.05, 0) is 42.0 Å². The van der Waals surface area contributed by atoms with Gasteiger partial charge in [0, 0.05) is 17.6 Å². The van der Waals surface area contributed by atoms with Crippen LogP contribution in [-0.4, -0.2) is 0 Å². The summed E-state index contributed by atoms with van der Waals surface area (Å²) in [5.41, 5.74) is 4.12. The fourth-order valence-electron chi connectivity index (χ4n) is 2.84. The van der Waals surface area contributed by atoms with Gasteiger partial charge in [0.05, 0.1) is 0 Å². The summed E-state index contributed by atoms with van der Waals surface area (Å²) in [6.07, 6.45) is 3.68. The molecule has 0 aromatic heterocycles. The molecule has 1 unspecified atom stereocenters. The molecule has 1 aliphatic rings. The molecule has 1 N–H and O–H groups in total. The first-order valence-electron chi connectivity index (χ1n) is 6.89. The van der Waals surface area contributed by atoms with Crippen LogP contribution in [0.25, 0.3) is 0 Å². The molecule has 0 aliphatic heterocycles. The van der Waals surface area contributed by atoms with Crippen LogP contribution in [0.5, 0.6) is 0 Å². The van der Waals surface area contributed by atoms with Crippen molar-refractivity contribution in [2.45, 2.75) is 31.8 Å². The lowest BCUT2D eigenvalue weighted by atomic mass is 9.87. The van der Waals surface area contributed by atoms with Crippen LogP contribution in [0.2, 0.25) is 5.02 Å². The molecule has 1 atom stereocenters. The van der Waals surface area contributed by atoms with Crippen LogP contribution in [-0.2, 0) is 13.0 Å². The zero-order valence-corrected chi connectivity index (χ0v) is 11.7. The lowest BCUT2D eigenvalue weighted by molar-refractivity contribution is 0.459. The molecule has 0 saturated heterocycles. The molecule has 3 rings (SSSR count). The highest BCUT2D eigenvalue weighted by Gasteiger charge is 2.19. The van der Waals surface area contributed by atoms with Gasteiger partial charge in [0.2, 0.25) is 0 Å². The van der Waals surface area contributed by atoms with E-state index in [1.807, 2.05) is 18.2 Å². The van der Waals surface area contributed by atoms with Crippen molar-refractivity contribution in [3.8, 4) is 0 Å². The maximum Gasteiger partial charge on any atom is 0.0450 e. The Morgan fingerprint density at radius 3 is 2.74 bits per heavy atom. The maximum absolute atomic E-state index is 6.20. The Morgan fingerprint density at radius 1 is 1.05 bits per heavy atom. The van der Waals surface area contributed by atoms with Crippen molar-refractivity contribution in [3.63, 3.8) is 0 Å². The van der Waals surface area contributed by atoms with E-state index < -0.39 is 0 Å². The van der Waals surface area contributed by atoms with E-state index in [4.69, 9.17) is 11.6 Å². The number of benzene rings is 2. The summed E-state index contributed by atoms with van der Waals surface area (Å²) in [5.74, 6) is 0. The van der Waals surface area contributed by atoms with Crippen LogP contribution in [0, 0.1) is 0 Å². The molecular formula is C17H18ClN. The fourth-order valence-corrected chi connectivity index (χ4v) is 3.04. The molecule has 0 saturated carbocycles. The zero-order valence-electron chi connectivity index (χ0n) is 10.9. The largest absolute Gasteiger partial charge is 0.306 e. The Hall–Kier alpha value is -1.31. The van der Waals surface area contributed by atoms with Gasteiger partial charge in [-0.25, -0.2) is 0 Å². The smallest absolute Gasteiger partial charge is 0.0450 e. The van der Waals surface area contributed by atoms with Gasteiger partial charge in [0.15, 0.2) is 0 Å². The van der Waals surface area contributed by atoms with Gasteiger partial charge in [-0.3, -0.25) is 0 Å². The summed E-state index contributed by atoms with van der Waals surface area (Å²) in [7, 11) is 0. The van der Waals surface area contributed by atoms with E-state index in [1.54, 1.807) is 0 Å². The Labute approximate surface area is 119 Å². The van der Waals surface area contributed by atoms with Crippen molar-refractivity contribution in [1.82, 2.24) is 5.32 Å². The lowest BCUT2D eigenvalue weighted by Crippen LogP contribution is -2.24. The van der Waals surface area contributed by atoms with Crippen molar-refractivity contribution in [1.29, 1.82) is 0 Å². The Bertz CT molecular complexity index is 565. The third kappa shape index (κ3) is 2.83. The number of halogens is 1. The molecule has 2 aromatic carbocycles. The molecule has 0 amide bonds. The fraction of sp³-hybridized carbons (Fsp3) is 0.294. The Morgan fingerprint density at radius 2 is 1.84 bits per heavy atom. The topological polar surface area (TPSA) is 12.0 Å². The minimum absolute atomic E-state index is 0.459. The van der Waals surface area contributed by atoms with Gasteiger partial charge in [-0.15, -0.1) is 0 Å². The molecule has 2 heteroatoms. The van der Waals surface area contributed by atoms with Crippen LogP contribution in [0.1, 0.15) is 35.6 Å². The summed E-state index contributed by atoms with van der Waals surface area (Å²) in [4.78, 5) is 0.